The maximum absolute atomic E-state index is 12.3. The quantitative estimate of drug-likeness (QED) is 0.559. The molecule has 1 unspecified atom stereocenters. The Labute approximate surface area is 158 Å². The van der Waals surface area contributed by atoms with E-state index < -0.39 is 24.0 Å². The van der Waals surface area contributed by atoms with Crippen molar-refractivity contribution in [1.82, 2.24) is 10.2 Å². The lowest BCUT2D eigenvalue weighted by molar-refractivity contribution is -0.153. The number of amides is 4. The van der Waals surface area contributed by atoms with Gasteiger partial charge in [0.25, 0.3) is 5.91 Å². The average molecular weight is 375 g/mol. The van der Waals surface area contributed by atoms with Crippen LogP contribution in [-0.2, 0) is 19.1 Å². The van der Waals surface area contributed by atoms with Crippen LogP contribution in [-0.4, -0.2) is 47.9 Å². The van der Waals surface area contributed by atoms with Crippen molar-refractivity contribution in [3.63, 3.8) is 0 Å². The predicted octanol–water partition coefficient (Wildman–Crippen LogP) is 1.81. The number of benzene rings is 1. The number of nitrogens with one attached hydrogen (secondary N) is 2. The molecule has 146 valence electrons. The topological polar surface area (TPSA) is 105 Å². The monoisotopic (exact) mass is 375 g/mol. The smallest absolute Gasteiger partial charge is 0.324 e. The minimum absolute atomic E-state index is 0.0112. The van der Waals surface area contributed by atoms with Crippen LogP contribution in [0.3, 0.4) is 0 Å². The molecule has 1 fully saturated rings. The van der Waals surface area contributed by atoms with E-state index in [1.807, 2.05) is 32.9 Å². The summed E-state index contributed by atoms with van der Waals surface area (Å²) >= 11 is 0. The summed E-state index contributed by atoms with van der Waals surface area (Å²) in [5.74, 6) is -1.28. The van der Waals surface area contributed by atoms with E-state index in [2.05, 4.69) is 10.6 Å². The number of ether oxygens (including phenoxy) is 1. The van der Waals surface area contributed by atoms with Crippen LogP contribution >= 0.6 is 0 Å². The van der Waals surface area contributed by atoms with Crippen molar-refractivity contribution in [3.05, 3.63) is 28.8 Å². The van der Waals surface area contributed by atoms with Crippen LogP contribution in [0.1, 0.15) is 36.5 Å². The molecule has 0 radical (unpaired) electrons. The average Bonchev–Trinajstić information content (AvgIpc) is 2.89. The maximum atomic E-state index is 12.3. The molecule has 8 heteroatoms. The molecule has 27 heavy (non-hydrogen) atoms. The van der Waals surface area contributed by atoms with Crippen molar-refractivity contribution in [2.45, 2.75) is 46.6 Å². The van der Waals surface area contributed by atoms with Gasteiger partial charge in [-0.3, -0.25) is 19.3 Å². The molecule has 1 aromatic rings. The van der Waals surface area contributed by atoms with E-state index in [1.54, 1.807) is 0 Å². The first-order valence-electron chi connectivity index (χ1n) is 8.85. The van der Waals surface area contributed by atoms with Crippen LogP contribution in [0.15, 0.2) is 12.1 Å². The Morgan fingerprint density at radius 3 is 2.41 bits per heavy atom. The summed E-state index contributed by atoms with van der Waals surface area (Å²) in [7, 11) is 0. The Morgan fingerprint density at radius 1 is 1.22 bits per heavy atom. The Kier molecular flexibility index (Phi) is 6.55. The SMILES string of the molecule is Cc1cc(C)c(NC(=O)C(C)OC(=O)CCCN2C(=O)CNC2=O)c(C)c1. The zero-order valence-electron chi connectivity index (χ0n) is 16.0. The molecule has 0 aromatic heterocycles. The highest BCUT2D eigenvalue weighted by molar-refractivity contribution is 6.02. The van der Waals surface area contributed by atoms with Gasteiger partial charge in [0.1, 0.15) is 0 Å². The van der Waals surface area contributed by atoms with Crippen LogP contribution in [0.5, 0.6) is 0 Å². The molecule has 0 spiro atoms. The highest BCUT2D eigenvalue weighted by Gasteiger charge is 2.28. The number of esters is 1. The van der Waals surface area contributed by atoms with E-state index in [9.17, 15) is 19.2 Å². The third kappa shape index (κ3) is 5.29. The van der Waals surface area contributed by atoms with Crippen molar-refractivity contribution < 1.29 is 23.9 Å². The standard InChI is InChI=1S/C19H25N3O5/c1-11-8-12(2)17(13(3)9-11)21-18(25)14(4)27-16(24)6-5-7-22-15(23)10-20-19(22)26/h8-9,14H,5-7,10H2,1-4H3,(H,20,26)(H,21,25). The van der Waals surface area contributed by atoms with Gasteiger partial charge in [-0.05, 0) is 45.2 Å². The lowest BCUT2D eigenvalue weighted by Crippen LogP contribution is -2.33. The van der Waals surface area contributed by atoms with Gasteiger partial charge in [0.15, 0.2) is 6.10 Å². The minimum atomic E-state index is -0.950. The molecule has 0 bridgehead atoms. The second-order valence-electron chi connectivity index (χ2n) is 6.70. The summed E-state index contributed by atoms with van der Waals surface area (Å²) in [4.78, 5) is 48.1. The first-order valence-corrected chi connectivity index (χ1v) is 8.85. The lowest BCUT2D eigenvalue weighted by Gasteiger charge is -2.17. The van der Waals surface area contributed by atoms with E-state index in [-0.39, 0.29) is 31.8 Å². The van der Waals surface area contributed by atoms with Crippen molar-refractivity contribution in [2.24, 2.45) is 0 Å². The van der Waals surface area contributed by atoms with Crippen LogP contribution < -0.4 is 10.6 Å². The van der Waals surface area contributed by atoms with Crippen molar-refractivity contribution >= 4 is 29.5 Å². The van der Waals surface area contributed by atoms with E-state index in [4.69, 9.17) is 4.74 Å². The molecule has 1 aromatic carbocycles. The summed E-state index contributed by atoms with van der Waals surface area (Å²) in [6.45, 7) is 7.42. The molecule has 1 aliphatic heterocycles. The van der Waals surface area contributed by atoms with Crippen molar-refractivity contribution in [1.29, 1.82) is 0 Å². The van der Waals surface area contributed by atoms with Gasteiger partial charge >= 0.3 is 12.0 Å². The Balaban J connectivity index is 1.81. The molecule has 1 heterocycles. The van der Waals surface area contributed by atoms with Gasteiger partial charge in [-0.15, -0.1) is 0 Å². The number of imide groups is 1. The highest BCUT2D eigenvalue weighted by atomic mass is 16.5. The molecule has 1 saturated heterocycles. The van der Waals surface area contributed by atoms with Crippen LogP contribution in [0, 0.1) is 20.8 Å². The molecule has 2 N–H and O–H groups in total. The Hall–Kier alpha value is -2.90. The zero-order chi connectivity index (χ0) is 20.1. The summed E-state index contributed by atoms with van der Waals surface area (Å²) in [6.07, 6.45) is -0.658. The normalized spacial score (nSPS) is 14.7. The summed E-state index contributed by atoms with van der Waals surface area (Å²) < 4.78 is 5.15. The second kappa shape index (κ2) is 8.66. The third-order valence-corrected chi connectivity index (χ3v) is 4.30. The van der Waals surface area contributed by atoms with Gasteiger partial charge in [0.2, 0.25) is 5.91 Å². The van der Waals surface area contributed by atoms with Gasteiger partial charge in [0, 0.05) is 18.7 Å². The number of rotatable bonds is 7. The summed E-state index contributed by atoms with van der Waals surface area (Å²) in [5, 5.41) is 5.21. The number of hydrogen-bond acceptors (Lipinski definition) is 5. The first-order chi connectivity index (χ1) is 12.7. The minimum Gasteiger partial charge on any atom is -0.453 e. The van der Waals surface area contributed by atoms with E-state index in [0.717, 1.165) is 21.6 Å². The Bertz CT molecular complexity index is 736. The molecule has 1 atom stereocenters. The molecule has 4 amide bonds. The fourth-order valence-electron chi connectivity index (χ4n) is 2.97. The number of carbonyl (C=O) groups excluding carboxylic acids is 4. The fraction of sp³-hybridized carbons (Fsp3) is 0.474. The van der Waals surface area contributed by atoms with E-state index in [0.29, 0.717) is 5.69 Å². The molecule has 2 rings (SSSR count). The van der Waals surface area contributed by atoms with Gasteiger partial charge in [-0.25, -0.2) is 4.79 Å². The third-order valence-electron chi connectivity index (χ3n) is 4.30. The second-order valence-corrected chi connectivity index (χ2v) is 6.70. The first kappa shape index (κ1) is 20.4. The lowest BCUT2D eigenvalue weighted by atomic mass is 10.0. The number of hydrogen-bond donors (Lipinski definition) is 2. The number of aryl methyl sites for hydroxylation is 3. The van der Waals surface area contributed by atoms with Gasteiger partial charge in [-0.2, -0.15) is 0 Å². The summed E-state index contributed by atoms with van der Waals surface area (Å²) in [6, 6.07) is 3.48. The number of anilines is 1. The molecule has 1 aliphatic rings. The van der Waals surface area contributed by atoms with Crippen LogP contribution in [0.4, 0.5) is 10.5 Å². The van der Waals surface area contributed by atoms with E-state index >= 15 is 0 Å². The maximum Gasteiger partial charge on any atom is 0.324 e. The highest BCUT2D eigenvalue weighted by Crippen LogP contribution is 2.22. The fourth-order valence-corrected chi connectivity index (χ4v) is 2.97. The Morgan fingerprint density at radius 2 is 1.85 bits per heavy atom. The summed E-state index contributed by atoms with van der Waals surface area (Å²) in [5.41, 5.74) is 3.69. The molecule has 0 saturated carbocycles. The molecular weight excluding hydrogens is 350 g/mol. The molecule has 0 aliphatic carbocycles. The van der Waals surface area contributed by atoms with Gasteiger partial charge in [-0.1, -0.05) is 17.7 Å². The molecular formula is C19H25N3O5. The van der Waals surface area contributed by atoms with Crippen LogP contribution in [0.25, 0.3) is 0 Å². The van der Waals surface area contributed by atoms with Gasteiger partial charge < -0.3 is 15.4 Å². The van der Waals surface area contributed by atoms with Crippen molar-refractivity contribution in [2.75, 3.05) is 18.4 Å². The largest absolute Gasteiger partial charge is 0.453 e. The van der Waals surface area contributed by atoms with E-state index in [1.165, 1.54) is 6.92 Å². The predicted molar refractivity (Wildman–Crippen MR) is 99.2 cm³/mol. The molecule has 8 nitrogen and oxygen atoms in total. The number of carbonyl (C=O) groups is 4. The zero-order valence-corrected chi connectivity index (χ0v) is 16.0. The number of nitrogens with zero attached hydrogens (tertiary/aromatic N) is 1. The number of urea groups is 1. The van der Waals surface area contributed by atoms with Crippen LogP contribution in [0.2, 0.25) is 0 Å². The van der Waals surface area contributed by atoms with Crippen molar-refractivity contribution in [3.8, 4) is 0 Å². The van der Waals surface area contributed by atoms with Gasteiger partial charge in [0.05, 0.1) is 6.54 Å².